The molecule has 88 valence electrons. The van der Waals surface area contributed by atoms with Crippen LogP contribution in [-0.4, -0.2) is 24.2 Å². The topological polar surface area (TPSA) is 34.1 Å². The number of hydrogen-bond acceptors (Lipinski definition) is 3. The van der Waals surface area contributed by atoms with E-state index in [1.54, 1.807) is 0 Å². The number of rotatable bonds is 4. The summed E-state index contributed by atoms with van der Waals surface area (Å²) in [6.07, 6.45) is 5.75. The smallest absolute Gasteiger partial charge is 0.0967 e. The zero-order valence-electron chi connectivity index (χ0n) is 9.86. The molecule has 2 rings (SSSR count). The van der Waals surface area contributed by atoms with Crippen LogP contribution < -0.4 is 5.32 Å². The maximum absolute atomic E-state index is 5.84. The van der Waals surface area contributed by atoms with Crippen LogP contribution in [0.4, 0.5) is 0 Å². The lowest BCUT2D eigenvalue weighted by Crippen LogP contribution is -2.37. The van der Waals surface area contributed by atoms with E-state index in [1.165, 1.54) is 19.3 Å². The van der Waals surface area contributed by atoms with Crippen molar-refractivity contribution in [1.29, 1.82) is 0 Å². The number of hydrogen-bond donors (Lipinski definition) is 1. The van der Waals surface area contributed by atoms with Gasteiger partial charge in [0, 0.05) is 12.2 Å². The first-order valence-electron chi connectivity index (χ1n) is 6.12. The van der Waals surface area contributed by atoms with Crippen molar-refractivity contribution >= 4 is 0 Å². The van der Waals surface area contributed by atoms with E-state index in [2.05, 4.69) is 17.2 Å². The molecule has 1 aromatic heterocycles. The Bertz CT molecular complexity index is 296. The van der Waals surface area contributed by atoms with Crippen LogP contribution in [0, 0.1) is 0 Å². The highest BCUT2D eigenvalue weighted by atomic mass is 16.5. The molecule has 2 heterocycles. The average Bonchev–Trinajstić information content (AvgIpc) is 2.38. The lowest BCUT2D eigenvalue weighted by atomic mass is 10.1. The van der Waals surface area contributed by atoms with E-state index in [0.717, 1.165) is 18.8 Å². The average molecular weight is 220 g/mol. The first kappa shape index (κ1) is 11.6. The summed E-state index contributed by atoms with van der Waals surface area (Å²) in [5.74, 6) is 0. The minimum absolute atomic E-state index is 0.0879. The highest BCUT2D eigenvalue weighted by Crippen LogP contribution is 2.15. The Morgan fingerprint density at radius 2 is 2.44 bits per heavy atom. The monoisotopic (exact) mass is 220 g/mol. The van der Waals surface area contributed by atoms with Gasteiger partial charge in [-0.1, -0.05) is 12.5 Å². The lowest BCUT2D eigenvalue weighted by Gasteiger charge is -2.24. The van der Waals surface area contributed by atoms with Gasteiger partial charge < -0.3 is 10.1 Å². The Morgan fingerprint density at radius 3 is 3.12 bits per heavy atom. The maximum Gasteiger partial charge on any atom is 0.0967 e. The molecule has 3 nitrogen and oxygen atoms in total. The third-order valence-corrected chi connectivity index (χ3v) is 3.06. The van der Waals surface area contributed by atoms with Gasteiger partial charge in [-0.25, -0.2) is 0 Å². The molecule has 0 radical (unpaired) electrons. The van der Waals surface area contributed by atoms with Gasteiger partial charge in [0.1, 0.15) is 0 Å². The maximum atomic E-state index is 5.84. The van der Waals surface area contributed by atoms with Crippen LogP contribution >= 0.6 is 0 Å². The summed E-state index contributed by atoms with van der Waals surface area (Å²) >= 11 is 0. The minimum atomic E-state index is 0.0879. The lowest BCUT2D eigenvalue weighted by molar-refractivity contribution is 0.0416. The Labute approximate surface area is 97.2 Å². The largest absolute Gasteiger partial charge is 0.371 e. The van der Waals surface area contributed by atoms with Gasteiger partial charge >= 0.3 is 0 Å². The van der Waals surface area contributed by atoms with Gasteiger partial charge in [-0.05, 0) is 38.4 Å². The fourth-order valence-corrected chi connectivity index (χ4v) is 2.03. The van der Waals surface area contributed by atoms with Crippen LogP contribution in [-0.2, 0) is 4.74 Å². The summed E-state index contributed by atoms with van der Waals surface area (Å²) in [4.78, 5) is 4.30. The molecule has 16 heavy (non-hydrogen) atoms. The van der Waals surface area contributed by atoms with Gasteiger partial charge in [0.2, 0.25) is 0 Å². The van der Waals surface area contributed by atoms with E-state index in [0.29, 0.717) is 6.04 Å². The number of piperidine rings is 1. The van der Waals surface area contributed by atoms with E-state index < -0.39 is 0 Å². The second-order valence-corrected chi connectivity index (χ2v) is 4.38. The summed E-state index contributed by atoms with van der Waals surface area (Å²) in [7, 11) is 0. The third-order valence-electron chi connectivity index (χ3n) is 3.06. The molecule has 1 aromatic rings. The summed E-state index contributed by atoms with van der Waals surface area (Å²) in [6.45, 7) is 3.98. The number of nitrogens with zero attached hydrogens (tertiary/aromatic N) is 1. The molecule has 1 fully saturated rings. The zero-order valence-corrected chi connectivity index (χ0v) is 9.86. The highest BCUT2D eigenvalue weighted by molar-refractivity contribution is 5.05. The molecule has 0 bridgehead atoms. The van der Waals surface area contributed by atoms with E-state index in [9.17, 15) is 0 Å². The molecule has 3 heteroatoms. The number of aromatic nitrogens is 1. The summed E-state index contributed by atoms with van der Waals surface area (Å²) in [6, 6.07) is 6.47. The number of ether oxygens (including phenoxy) is 1. The Hall–Kier alpha value is -0.930. The Morgan fingerprint density at radius 1 is 1.50 bits per heavy atom. The van der Waals surface area contributed by atoms with Crippen molar-refractivity contribution in [3.8, 4) is 0 Å². The molecule has 0 amide bonds. The Balaban J connectivity index is 1.77. The second kappa shape index (κ2) is 5.97. The molecule has 0 spiro atoms. The Kier molecular flexibility index (Phi) is 4.31. The SMILES string of the molecule is C[C@@H](OC[C@@H]1CCCCN1)c1ccccn1. The van der Waals surface area contributed by atoms with Crippen LogP contribution in [0.3, 0.4) is 0 Å². The molecule has 1 saturated heterocycles. The van der Waals surface area contributed by atoms with Crippen molar-refractivity contribution in [3.63, 3.8) is 0 Å². The van der Waals surface area contributed by atoms with Crippen LogP contribution in [0.5, 0.6) is 0 Å². The molecule has 0 unspecified atom stereocenters. The van der Waals surface area contributed by atoms with E-state index in [4.69, 9.17) is 4.74 Å². The van der Waals surface area contributed by atoms with Crippen molar-refractivity contribution < 1.29 is 4.74 Å². The number of pyridine rings is 1. The summed E-state index contributed by atoms with van der Waals surface area (Å²) in [5, 5.41) is 3.48. The summed E-state index contributed by atoms with van der Waals surface area (Å²) < 4.78 is 5.84. The molecular formula is C13H20N2O. The van der Waals surface area contributed by atoms with Gasteiger partial charge in [0.05, 0.1) is 18.4 Å². The fourth-order valence-electron chi connectivity index (χ4n) is 2.03. The van der Waals surface area contributed by atoms with Crippen molar-refractivity contribution in [3.05, 3.63) is 30.1 Å². The van der Waals surface area contributed by atoms with Crippen LogP contribution in [0.15, 0.2) is 24.4 Å². The normalized spacial score (nSPS) is 22.9. The molecular weight excluding hydrogens is 200 g/mol. The van der Waals surface area contributed by atoms with Crippen LogP contribution in [0.2, 0.25) is 0 Å². The van der Waals surface area contributed by atoms with Crippen LogP contribution in [0.25, 0.3) is 0 Å². The van der Waals surface area contributed by atoms with E-state index in [1.807, 2.05) is 24.4 Å². The standard InChI is InChI=1S/C13H20N2O/c1-11(13-7-3-5-9-15-13)16-10-12-6-2-4-8-14-12/h3,5,7,9,11-12,14H,2,4,6,8,10H2,1H3/t11-,12+/m1/s1. The molecule has 0 saturated carbocycles. The van der Waals surface area contributed by atoms with Crippen LogP contribution in [0.1, 0.15) is 38.0 Å². The predicted molar refractivity (Wildman–Crippen MR) is 64.2 cm³/mol. The van der Waals surface area contributed by atoms with E-state index in [-0.39, 0.29) is 6.10 Å². The molecule has 1 aliphatic rings. The fraction of sp³-hybridized carbons (Fsp3) is 0.615. The van der Waals surface area contributed by atoms with Crippen molar-refractivity contribution in [1.82, 2.24) is 10.3 Å². The predicted octanol–water partition coefficient (Wildman–Crippen LogP) is 2.30. The van der Waals surface area contributed by atoms with Gasteiger partial charge in [-0.2, -0.15) is 0 Å². The van der Waals surface area contributed by atoms with Gasteiger partial charge in [-0.15, -0.1) is 0 Å². The minimum Gasteiger partial charge on any atom is -0.371 e. The molecule has 0 aromatic carbocycles. The second-order valence-electron chi connectivity index (χ2n) is 4.38. The molecule has 1 aliphatic heterocycles. The van der Waals surface area contributed by atoms with Gasteiger partial charge in [0.15, 0.2) is 0 Å². The first-order valence-corrected chi connectivity index (χ1v) is 6.12. The molecule has 0 aliphatic carbocycles. The molecule has 2 atom stereocenters. The molecule has 1 N–H and O–H groups in total. The van der Waals surface area contributed by atoms with Crippen molar-refractivity contribution in [2.45, 2.75) is 38.3 Å². The number of nitrogens with one attached hydrogen (secondary N) is 1. The van der Waals surface area contributed by atoms with E-state index >= 15 is 0 Å². The van der Waals surface area contributed by atoms with Crippen molar-refractivity contribution in [2.24, 2.45) is 0 Å². The highest BCUT2D eigenvalue weighted by Gasteiger charge is 2.14. The quantitative estimate of drug-likeness (QED) is 0.845. The summed E-state index contributed by atoms with van der Waals surface area (Å²) in [5.41, 5.74) is 1.01. The van der Waals surface area contributed by atoms with Crippen molar-refractivity contribution in [2.75, 3.05) is 13.2 Å². The zero-order chi connectivity index (χ0) is 11.2. The van der Waals surface area contributed by atoms with Gasteiger partial charge in [0.25, 0.3) is 0 Å². The van der Waals surface area contributed by atoms with Gasteiger partial charge in [-0.3, -0.25) is 4.98 Å². The third kappa shape index (κ3) is 3.29. The first-order chi connectivity index (χ1) is 7.86.